The van der Waals surface area contributed by atoms with Crippen LogP contribution in [0.2, 0.25) is 0 Å². The van der Waals surface area contributed by atoms with E-state index in [1.807, 2.05) is 12.1 Å². The number of hydrogen-bond acceptors (Lipinski definition) is 2. The standard InChI is InChI=1S/C12H12INO/c1-9(12-3-2-8-15-12)14-11-6-4-10(13)5-7-11/h3-7,14H,1-2,8H2. The molecule has 1 aromatic carbocycles. The van der Waals surface area contributed by atoms with E-state index in [1.54, 1.807) is 0 Å². The molecule has 0 saturated heterocycles. The van der Waals surface area contributed by atoms with Gasteiger partial charge >= 0.3 is 0 Å². The highest BCUT2D eigenvalue weighted by atomic mass is 127. The predicted octanol–water partition coefficient (Wildman–Crippen LogP) is 3.52. The monoisotopic (exact) mass is 313 g/mol. The van der Waals surface area contributed by atoms with Crippen molar-refractivity contribution in [3.05, 3.63) is 51.9 Å². The molecule has 0 bridgehead atoms. The van der Waals surface area contributed by atoms with Gasteiger partial charge in [0.25, 0.3) is 0 Å². The topological polar surface area (TPSA) is 21.3 Å². The SMILES string of the molecule is C=C(Nc1ccc(I)cc1)C1=CCCO1. The fourth-order valence-electron chi connectivity index (χ4n) is 1.40. The van der Waals surface area contributed by atoms with Gasteiger partial charge in [-0.25, -0.2) is 0 Å². The molecule has 1 aliphatic rings. The van der Waals surface area contributed by atoms with E-state index in [4.69, 9.17) is 4.74 Å². The maximum Gasteiger partial charge on any atom is 0.138 e. The normalized spacial score (nSPS) is 14.3. The van der Waals surface area contributed by atoms with E-state index in [1.165, 1.54) is 3.57 Å². The van der Waals surface area contributed by atoms with Gasteiger partial charge in [0.1, 0.15) is 5.76 Å². The molecule has 15 heavy (non-hydrogen) atoms. The van der Waals surface area contributed by atoms with E-state index in [-0.39, 0.29) is 0 Å². The molecule has 0 unspecified atom stereocenters. The number of halogens is 1. The van der Waals surface area contributed by atoms with Gasteiger partial charge in [-0.05, 0) is 52.9 Å². The molecular formula is C12H12INO. The Balaban J connectivity index is 2.02. The first kappa shape index (κ1) is 10.5. The van der Waals surface area contributed by atoms with Crippen LogP contribution in [0.15, 0.2) is 48.4 Å². The first-order valence-corrected chi connectivity index (χ1v) is 5.88. The summed E-state index contributed by atoms with van der Waals surface area (Å²) in [7, 11) is 0. The molecule has 0 saturated carbocycles. The van der Waals surface area contributed by atoms with Crippen LogP contribution in [0.4, 0.5) is 5.69 Å². The third kappa shape index (κ3) is 2.75. The van der Waals surface area contributed by atoms with Crippen molar-refractivity contribution in [2.24, 2.45) is 0 Å². The highest BCUT2D eigenvalue weighted by Gasteiger charge is 2.08. The minimum absolute atomic E-state index is 0.767. The molecule has 2 nitrogen and oxygen atoms in total. The first-order valence-electron chi connectivity index (χ1n) is 4.80. The summed E-state index contributed by atoms with van der Waals surface area (Å²) in [6.45, 7) is 4.71. The van der Waals surface area contributed by atoms with Crippen molar-refractivity contribution in [3.8, 4) is 0 Å². The highest BCUT2D eigenvalue weighted by Crippen LogP contribution is 2.20. The van der Waals surface area contributed by atoms with E-state index in [9.17, 15) is 0 Å². The largest absolute Gasteiger partial charge is 0.491 e. The Labute approximate surface area is 103 Å². The van der Waals surface area contributed by atoms with Crippen molar-refractivity contribution in [1.82, 2.24) is 0 Å². The number of hydrogen-bond donors (Lipinski definition) is 1. The van der Waals surface area contributed by atoms with Crippen LogP contribution in [-0.2, 0) is 4.74 Å². The fraction of sp³-hybridized carbons (Fsp3) is 0.167. The van der Waals surface area contributed by atoms with E-state index in [0.29, 0.717) is 0 Å². The Bertz CT molecular complexity index is 395. The van der Waals surface area contributed by atoms with Crippen LogP contribution in [0.1, 0.15) is 6.42 Å². The molecule has 0 aromatic heterocycles. The quantitative estimate of drug-likeness (QED) is 0.862. The molecule has 1 N–H and O–H groups in total. The molecule has 78 valence electrons. The van der Waals surface area contributed by atoms with Crippen molar-refractivity contribution >= 4 is 28.3 Å². The van der Waals surface area contributed by atoms with Gasteiger partial charge in [-0.15, -0.1) is 0 Å². The lowest BCUT2D eigenvalue weighted by atomic mass is 10.3. The maximum absolute atomic E-state index is 5.41. The van der Waals surface area contributed by atoms with Gasteiger partial charge in [0.15, 0.2) is 0 Å². The Hall–Kier alpha value is -0.970. The summed E-state index contributed by atoms with van der Waals surface area (Å²) in [5, 5.41) is 3.22. The van der Waals surface area contributed by atoms with Crippen molar-refractivity contribution < 1.29 is 4.74 Å². The number of anilines is 1. The second-order valence-corrected chi connectivity index (χ2v) is 4.56. The van der Waals surface area contributed by atoms with E-state index in [0.717, 1.165) is 30.2 Å². The number of benzene rings is 1. The Morgan fingerprint density at radius 2 is 2.07 bits per heavy atom. The number of rotatable bonds is 3. The van der Waals surface area contributed by atoms with Gasteiger partial charge < -0.3 is 10.1 Å². The van der Waals surface area contributed by atoms with E-state index >= 15 is 0 Å². The van der Waals surface area contributed by atoms with E-state index < -0.39 is 0 Å². The van der Waals surface area contributed by atoms with Crippen LogP contribution in [0.5, 0.6) is 0 Å². The molecule has 0 radical (unpaired) electrons. The van der Waals surface area contributed by atoms with Gasteiger partial charge in [0, 0.05) is 15.7 Å². The minimum atomic E-state index is 0.767. The lowest BCUT2D eigenvalue weighted by molar-refractivity contribution is 0.253. The molecule has 2 rings (SSSR count). The van der Waals surface area contributed by atoms with Crippen LogP contribution < -0.4 is 5.32 Å². The molecular weight excluding hydrogens is 301 g/mol. The Morgan fingerprint density at radius 1 is 1.33 bits per heavy atom. The van der Waals surface area contributed by atoms with Gasteiger partial charge in [-0.1, -0.05) is 6.58 Å². The molecule has 3 heteroatoms. The van der Waals surface area contributed by atoms with Crippen molar-refractivity contribution in [1.29, 1.82) is 0 Å². The number of nitrogens with one attached hydrogen (secondary N) is 1. The molecule has 0 atom stereocenters. The summed E-state index contributed by atoms with van der Waals surface area (Å²) in [4.78, 5) is 0. The summed E-state index contributed by atoms with van der Waals surface area (Å²) < 4.78 is 6.63. The Kier molecular flexibility index (Phi) is 3.30. The lowest BCUT2D eigenvalue weighted by Gasteiger charge is -2.10. The molecule has 0 aliphatic carbocycles. The van der Waals surface area contributed by atoms with Crippen molar-refractivity contribution in [3.63, 3.8) is 0 Å². The van der Waals surface area contributed by atoms with Crippen LogP contribution in [-0.4, -0.2) is 6.61 Å². The summed E-state index contributed by atoms with van der Waals surface area (Å²) in [6, 6.07) is 8.17. The lowest BCUT2D eigenvalue weighted by Crippen LogP contribution is -2.01. The summed E-state index contributed by atoms with van der Waals surface area (Å²) >= 11 is 2.28. The van der Waals surface area contributed by atoms with Crippen molar-refractivity contribution in [2.75, 3.05) is 11.9 Å². The van der Waals surface area contributed by atoms with Gasteiger partial charge in [0.2, 0.25) is 0 Å². The summed E-state index contributed by atoms with van der Waals surface area (Å²) in [5.41, 5.74) is 1.87. The molecule has 1 aliphatic heterocycles. The molecule has 0 amide bonds. The van der Waals surface area contributed by atoms with Crippen LogP contribution in [0.3, 0.4) is 0 Å². The molecule has 1 heterocycles. The highest BCUT2D eigenvalue weighted by molar-refractivity contribution is 14.1. The molecule has 1 aromatic rings. The average molecular weight is 313 g/mol. The zero-order chi connectivity index (χ0) is 10.7. The third-order valence-corrected chi connectivity index (χ3v) is 2.86. The van der Waals surface area contributed by atoms with E-state index in [2.05, 4.69) is 52.7 Å². The summed E-state index contributed by atoms with van der Waals surface area (Å²) in [5.74, 6) is 0.869. The zero-order valence-corrected chi connectivity index (χ0v) is 10.5. The average Bonchev–Trinajstić information content (AvgIpc) is 2.74. The van der Waals surface area contributed by atoms with Crippen molar-refractivity contribution in [2.45, 2.75) is 6.42 Å². The molecule has 0 fully saturated rings. The van der Waals surface area contributed by atoms with Gasteiger partial charge in [-0.2, -0.15) is 0 Å². The van der Waals surface area contributed by atoms with Crippen LogP contribution in [0, 0.1) is 3.57 Å². The molecule has 0 spiro atoms. The Morgan fingerprint density at radius 3 is 2.67 bits per heavy atom. The second-order valence-electron chi connectivity index (χ2n) is 3.32. The fourth-order valence-corrected chi connectivity index (χ4v) is 1.76. The smallest absolute Gasteiger partial charge is 0.138 e. The predicted molar refractivity (Wildman–Crippen MR) is 70.6 cm³/mol. The first-order chi connectivity index (χ1) is 7.25. The van der Waals surface area contributed by atoms with Gasteiger partial charge in [0.05, 0.1) is 12.3 Å². The third-order valence-electron chi connectivity index (χ3n) is 2.14. The summed E-state index contributed by atoms with van der Waals surface area (Å²) in [6.07, 6.45) is 3.03. The maximum atomic E-state index is 5.41. The second kappa shape index (κ2) is 4.70. The zero-order valence-electron chi connectivity index (χ0n) is 8.29. The number of ether oxygens (including phenoxy) is 1. The van der Waals surface area contributed by atoms with Gasteiger partial charge in [-0.3, -0.25) is 0 Å². The minimum Gasteiger partial charge on any atom is -0.491 e. The van der Waals surface area contributed by atoms with Crippen LogP contribution in [0.25, 0.3) is 0 Å². The van der Waals surface area contributed by atoms with Crippen LogP contribution >= 0.6 is 22.6 Å².